The molecule has 0 radical (unpaired) electrons. The van der Waals surface area contributed by atoms with Gasteiger partial charge >= 0.3 is 0 Å². The highest BCUT2D eigenvalue weighted by Gasteiger charge is 2.01. The standard InChI is InChI=1S/C19H18/c1-14-10-18-9-8-17(13-19(18)11-15(14)2)12-16-6-4-3-5-7-16/h3-11,13H,12H2,1-2H3. The van der Waals surface area contributed by atoms with Crippen molar-refractivity contribution in [1.29, 1.82) is 0 Å². The fourth-order valence-corrected chi connectivity index (χ4v) is 2.52. The van der Waals surface area contributed by atoms with Crippen LogP contribution in [0, 0.1) is 13.8 Å². The van der Waals surface area contributed by atoms with Crippen LogP contribution in [0.15, 0.2) is 60.7 Å². The van der Waals surface area contributed by atoms with Crippen LogP contribution in [0.4, 0.5) is 0 Å². The molecular formula is C19H18. The SMILES string of the molecule is Cc1cc2ccc(Cc3ccccc3)cc2cc1C. The highest BCUT2D eigenvalue weighted by atomic mass is 14.1. The Kier molecular flexibility index (Phi) is 3.08. The molecule has 3 rings (SSSR count). The van der Waals surface area contributed by atoms with E-state index in [0.29, 0.717) is 0 Å². The van der Waals surface area contributed by atoms with Gasteiger partial charge in [0.25, 0.3) is 0 Å². The van der Waals surface area contributed by atoms with E-state index in [1.807, 2.05) is 0 Å². The molecule has 0 aliphatic carbocycles. The maximum absolute atomic E-state index is 2.31. The Balaban J connectivity index is 2.00. The van der Waals surface area contributed by atoms with E-state index in [-0.39, 0.29) is 0 Å². The average Bonchev–Trinajstić information content (AvgIpc) is 2.42. The van der Waals surface area contributed by atoms with Crippen LogP contribution >= 0.6 is 0 Å². The van der Waals surface area contributed by atoms with Gasteiger partial charge in [-0.3, -0.25) is 0 Å². The third-order valence-electron chi connectivity index (χ3n) is 3.77. The zero-order valence-corrected chi connectivity index (χ0v) is 11.5. The first-order chi connectivity index (χ1) is 9.22. The Hall–Kier alpha value is -2.08. The molecule has 0 bridgehead atoms. The molecule has 0 amide bonds. The summed E-state index contributed by atoms with van der Waals surface area (Å²) in [6, 6.07) is 22.0. The fourth-order valence-electron chi connectivity index (χ4n) is 2.52. The van der Waals surface area contributed by atoms with Crippen molar-refractivity contribution in [3.8, 4) is 0 Å². The zero-order valence-electron chi connectivity index (χ0n) is 11.5. The molecule has 0 aliphatic heterocycles. The molecule has 19 heavy (non-hydrogen) atoms. The van der Waals surface area contributed by atoms with Crippen molar-refractivity contribution in [2.45, 2.75) is 20.3 Å². The van der Waals surface area contributed by atoms with E-state index in [0.717, 1.165) is 6.42 Å². The molecule has 0 aromatic heterocycles. The van der Waals surface area contributed by atoms with Crippen LogP contribution in [0.3, 0.4) is 0 Å². The van der Waals surface area contributed by atoms with Crippen molar-refractivity contribution in [3.05, 3.63) is 82.9 Å². The summed E-state index contributed by atoms with van der Waals surface area (Å²) in [6.45, 7) is 4.35. The van der Waals surface area contributed by atoms with Gasteiger partial charge in [-0.05, 0) is 53.3 Å². The van der Waals surface area contributed by atoms with Gasteiger partial charge in [-0.1, -0.05) is 60.7 Å². The number of benzene rings is 3. The number of fused-ring (bicyclic) bond motifs is 1. The molecule has 3 aromatic carbocycles. The van der Waals surface area contributed by atoms with Gasteiger partial charge < -0.3 is 0 Å². The van der Waals surface area contributed by atoms with E-state index in [4.69, 9.17) is 0 Å². The second-order valence-electron chi connectivity index (χ2n) is 5.28. The topological polar surface area (TPSA) is 0 Å². The summed E-state index contributed by atoms with van der Waals surface area (Å²) in [5.41, 5.74) is 5.47. The van der Waals surface area contributed by atoms with Gasteiger partial charge in [0, 0.05) is 0 Å². The molecule has 94 valence electrons. The van der Waals surface area contributed by atoms with Crippen LogP contribution in [-0.2, 0) is 6.42 Å². The second-order valence-corrected chi connectivity index (χ2v) is 5.28. The number of hydrogen-bond acceptors (Lipinski definition) is 0. The fraction of sp³-hybridized carbons (Fsp3) is 0.158. The summed E-state index contributed by atoms with van der Waals surface area (Å²) in [5.74, 6) is 0. The first-order valence-electron chi connectivity index (χ1n) is 6.76. The van der Waals surface area contributed by atoms with Gasteiger partial charge in [-0.25, -0.2) is 0 Å². The second kappa shape index (κ2) is 4.89. The Morgan fingerprint density at radius 1 is 0.632 bits per heavy atom. The molecule has 0 fully saturated rings. The molecule has 0 saturated carbocycles. The molecule has 0 heteroatoms. The summed E-state index contributed by atoms with van der Waals surface area (Å²) in [4.78, 5) is 0. The molecule has 0 aliphatic rings. The molecule has 0 N–H and O–H groups in total. The summed E-state index contributed by atoms with van der Waals surface area (Å²) >= 11 is 0. The van der Waals surface area contributed by atoms with E-state index >= 15 is 0 Å². The van der Waals surface area contributed by atoms with Gasteiger partial charge in [-0.15, -0.1) is 0 Å². The van der Waals surface area contributed by atoms with Crippen molar-refractivity contribution in [3.63, 3.8) is 0 Å². The van der Waals surface area contributed by atoms with Gasteiger partial charge in [0.05, 0.1) is 0 Å². The van der Waals surface area contributed by atoms with Crippen LogP contribution in [-0.4, -0.2) is 0 Å². The van der Waals surface area contributed by atoms with Crippen molar-refractivity contribution in [2.75, 3.05) is 0 Å². The minimum Gasteiger partial charge on any atom is -0.0622 e. The smallest absolute Gasteiger partial charge is 0.00256 e. The van der Waals surface area contributed by atoms with Gasteiger partial charge in [0.15, 0.2) is 0 Å². The van der Waals surface area contributed by atoms with Gasteiger partial charge in [0.2, 0.25) is 0 Å². The number of rotatable bonds is 2. The number of hydrogen-bond donors (Lipinski definition) is 0. The van der Waals surface area contributed by atoms with Crippen LogP contribution in [0.2, 0.25) is 0 Å². The van der Waals surface area contributed by atoms with Crippen LogP contribution in [0.25, 0.3) is 10.8 Å². The molecule has 0 atom stereocenters. The third-order valence-corrected chi connectivity index (χ3v) is 3.77. The minimum atomic E-state index is 1.00. The first-order valence-corrected chi connectivity index (χ1v) is 6.76. The molecule has 0 nitrogen and oxygen atoms in total. The van der Waals surface area contributed by atoms with Crippen LogP contribution in [0.1, 0.15) is 22.3 Å². The van der Waals surface area contributed by atoms with E-state index in [1.54, 1.807) is 0 Å². The van der Waals surface area contributed by atoms with Crippen molar-refractivity contribution in [2.24, 2.45) is 0 Å². The highest BCUT2D eigenvalue weighted by Crippen LogP contribution is 2.22. The Morgan fingerprint density at radius 2 is 1.32 bits per heavy atom. The van der Waals surface area contributed by atoms with E-state index in [1.165, 1.54) is 33.0 Å². The largest absolute Gasteiger partial charge is 0.0622 e. The summed E-state index contributed by atoms with van der Waals surface area (Å²) in [5, 5.41) is 2.68. The Morgan fingerprint density at radius 3 is 2.05 bits per heavy atom. The molecular weight excluding hydrogens is 228 g/mol. The Labute approximate surface area is 114 Å². The van der Waals surface area contributed by atoms with Crippen molar-refractivity contribution >= 4 is 10.8 Å². The normalized spacial score (nSPS) is 10.8. The Bertz CT molecular complexity index is 709. The lowest BCUT2D eigenvalue weighted by Crippen LogP contribution is -1.89. The summed E-state index contributed by atoms with van der Waals surface area (Å²) in [6.07, 6.45) is 1.00. The minimum absolute atomic E-state index is 1.00. The molecule has 0 heterocycles. The predicted octanol–water partition coefficient (Wildman–Crippen LogP) is 5.05. The van der Waals surface area contributed by atoms with Crippen LogP contribution < -0.4 is 0 Å². The number of aryl methyl sites for hydroxylation is 2. The first kappa shape index (κ1) is 12.0. The molecule has 0 saturated heterocycles. The lowest BCUT2D eigenvalue weighted by atomic mass is 9.98. The van der Waals surface area contributed by atoms with Gasteiger partial charge in [-0.2, -0.15) is 0 Å². The molecule has 0 unspecified atom stereocenters. The lowest BCUT2D eigenvalue weighted by Gasteiger charge is -2.07. The van der Waals surface area contributed by atoms with Gasteiger partial charge in [0.1, 0.15) is 0 Å². The van der Waals surface area contributed by atoms with Crippen molar-refractivity contribution in [1.82, 2.24) is 0 Å². The maximum Gasteiger partial charge on any atom is -0.00256 e. The monoisotopic (exact) mass is 246 g/mol. The maximum atomic E-state index is 2.31. The zero-order chi connectivity index (χ0) is 13.2. The highest BCUT2D eigenvalue weighted by molar-refractivity contribution is 5.84. The lowest BCUT2D eigenvalue weighted by molar-refractivity contribution is 1.20. The molecule has 3 aromatic rings. The average molecular weight is 246 g/mol. The van der Waals surface area contributed by atoms with E-state index in [9.17, 15) is 0 Å². The van der Waals surface area contributed by atoms with E-state index in [2.05, 4.69) is 74.5 Å². The predicted molar refractivity (Wildman–Crippen MR) is 82.7 cm³/mol. The molecule has 0 spiro atoms. The van der Waals surface area contributed by atoms with E-state index < -0.39 is 0 Å². The summed E-state index contributed by atoms with van der Waals surface area (Å²) in [7, 11) is 0. The van der Waals surface area contributed by atoms with Crippen LogP contribution in [0.5, 0.6) is 0 Å². The van der Waals surface area contributed by atoms with Crippen molar-refractivity contribution < 1.29 is 0 Å². The third kappa shape index (κ3) is 2.53. The quantitative estimate of drug-likeness (QED) is 0.593. The summed E-state index contributed by atoms with van der Waals surface area (Å²) < 4.78 is 0.